The van der Waals surface area contributed by atoms with Gasteiger partial charge in [-0.2, -0.15) is 0 Å². The molecule has 5 nitrogen and oxygen atoms in total. The van der Waals surface area contributed by atoms with Gasteiger partial charge in [-0.3, -0.25) is 4.79 Å². The minimum Gasteiger partial charge on any atom is -0.481 e. The largest absolute Gasteiger partial charge is 0.481 e. The molecule has 23 heavy (non-hydrogen) atoms. The number of terminal acetylenes is 1. The van der Waals surface area contributed by atoms with Crippen molar-refractivity contribution in [2.24, 2.45) is 0 Å². The third-order valence-electron chi connectivity index (χ3n) is 3.36. The van der Waals surface area contributed by atoms with Crippen LogP contribution in [0.4, 0.5) is 0 Å². The van der Waals surface area contributed by atoms with E-state index in [0.717, 1.165) is 5.56 Å². The zero-order chi connectivity index (χ0) is 16.8. The highest BCUT2D eigenvalue weighted by molar-refractivity contribution is 5.93. The van der Waals surface area contributed by atoms with Gasteiger partial charge in [-0.25, -0.2) is 4.98 Å². The molecule has 0 spiro atoms. The maximum atomic E-state index is 12.4. The maximum absolute atomic E-state index is 12.4. The Hall–Kier alpha value is -2.74. The molecule has 1 atom stereocenters. The van der Waals surface area contributed by atoms with Gasteiger partial charge in [0.2, 0.25) is 0 Å². The van der Waals surface area contributed by atoms with E-state index in [2.05, 4.69) is 16.2 Å². The van der Waals surface area contributed by atoms with E-state index in [4.69, 9.17) is 15.6 Å². The SMILES string of the molecule is C#CCOc1cccc([C@H](C)NC(=O)c2ncoc2C(C)C)c1. The molecule has 0 saturated carbocycles. The van der Waals surface area contributed by atoms with Crippen molar-refractivity contribution in [3.8, 4) is 18.1 Å². The first kappa shape index (κ1) is 16.6. The Morgan fingerprint density at radius 2 is 2.22 bits per heavy atom. The van der Waals surface area contributed by atoms with Gasteiger partial charge in [0.1, 0.15) is 18.1 Å². The van der Waals surface area contributed by atoms with Crippen LogP contribution >= 0.6 is 0 Å². The summed E-state index contributed by atoms with van der Waals surface area (Å²) in [7, 11) is 0. The van der Waals surface area contributed by atoms with Gasteiger partial charge in [0, 0.05) is 5.92 Å². The summed E-state index contributed by atoms with van der Waals surface area (Å²) < 4.78 is 10.7. The lowest BCUT2D eigenvalue weighted by Crippen LogP contribution is -2.27. The first-order valence-corrected chi connectivity index (χ1v) is 7.43. The number of oxazole rings is 1. The lowest BCUT2D eigenvalue weighted by molar-refractivity contribution is 0.0933. The molecule has 1 heterocycles. The van der Waals surface area contributed by atoms with Crippen LogP contribution in [0.5, 0.6) is 5.75 Å². The Kier molecular flexibility index (Phi) is 5.42. The van der Waals surface area contributed by atoms with Gasteiger partial charge in [-0.05, 0) is 24.6 Å². The average Bonchev–Trinajstić information content (AvgIpc) is 3.03. The number of rotatable bonds is 6. The number of benzene rings is 1. The van der Waals surface area contributed by atoms with E-state index in [-0.39, 0.29) is 24.5 Å². The molecule has 1 amide bonds. The highest BCUT2D eigenvalue weighted by atomic mass is 16.5. The zero-order valence-corrected chi connectivity index (χ0v) is 13.5. The van der Waals surface area contributed by atoms with Crippen LogP contribution < -0.4 is 10.1 Å². The van der Waals surface area contributed by atoms with E-state index >= 15 is 0 Å². The monoisotopic (exact) mass is 312 g/mol. The molecular weight excluding hydrogens is 292 g/mol. The van der Waals surface area contributed by atoms with E-state index in [1.54, 1.807) is 0 Å². The fourth-order valence-electron chi connectivity index (χ4n) is 2.18. The number of ether oxygens (including phenoxy) is 1. The normalized spacial score (nSPS) is 11.8. The average molecular weight is 312 g/mol. The molecule has 0 aliphatic carbocycles. The second-order valence-corrected chi connectivity index (χ2v) is 5.48. The van der Waals surface area contributed by atoms with Gasteiger partial charge in [-0.15, -0.1) is 6.42 Å². The number of carbonyl (C=O) groups is 1. The van der Waals surface area contributed by atoms with Crippen LogP contribution in [0, 0.1) is 12.3 Å². The number of carbonyl (C=O) groups excluding carboxylic acids is 1. The number of amides is 1. The minimum absolute atomic E-state index is 0.0917. The molecular formula is C18H20N2O3. The molecule has 0 saturated heterocycles. The number of aromatic nitrogens is 1. The minimum atomic E-state index is -0.259. The van der Waals surface area contributed by atoms with Crippen molar-refractivity contribution in [1.82, 2.24) is 10.3 Å². The topological polar surface area (TPSA) is 64.4 Å². The molecule has 0 fully saturated rings. The van der Waals surface area contributed by atoms with E-state index in [9.17, 15) is 4.79 Å². The summed E-state index contributed by atoms with van der Waals surface area (Å²) in [5.74, 6) is 3.51. The third-order valence-corrected chi connectivity index (χ3v) is 3.36. The first-order valence-electron chi connectivity index (χ1n) is 7.43. The Morgan fingerprint density at radius 1 is 1.43 bits per heavy atom. The van der Waals surface area contributed by atoms with Crippen LogP contribution in [0.3, 0.4) is 0 Å². The van der Waals surface area contributed by atoms with Crippen LogP contribution in [0.15, 0.2) is 35.1 Å². The third kappa shape index (κ3) is 4.13. The standard InChI is InChI=1S/C18H20N2O3/c1-5-9-22-15-8-6-7-14(10-15)13(4)20-18(21)16-17(12(2)3)23-11-19-16/h1,6-8,10-13H,9H2,2-4H3,(H,20,21)/t13-/m0/s1. The van der Waals surface area contributed by atoms with Gasteiger partial charge in [0.05, 0.1) is 6.04 Å². The molecule has 1 aromatic carbocycles. The van der Waals surface area contributed by atoms with Crippen molar-refractivity contribution in [1.29, 1.82) is 0 Å². The Labute approximate surface area is 136 Å². The molecule has 120 valence electrons. The summed E-state index contributed by atoms with van der Waals surface area (Å²) in [5, 5.41) is 2.92. The van der Waals surface area contributed by atoms with Crippen LogP contribution in [0.25, 0.3) is 0 Å². The molecule has 0 radical (unpaired) electrons. The van der Waals surface area contributed by atoms with Crippen molar-refractivity contribution in [2.45, 2.75) is 32.7 Å². The van der Waals surface area contributed by atoms with Gasteiger partial charge in [0.15, 0.2) is 12.1 Å². The quantitative estimate of drug-likeness (QED) is 0.831. The van der Waals surface area contributed by atoms with Crippen molar-refractivity contribution in [2.75, 3.05) is 6.61 Å². The highest BCUT2D eigenvalue weighted by Gasteiger charge is 2.21. The van der Waals surface area contributed by atoms with E-state index in [1.807, 2.05) is 45.0 Å². The second kappa shape index (κ2) is 7.50. The van der Waals surface area contributed by atoms with E-state index in [0.29, 0.717) is 17.2 Å². The molecule has 0 bridgehead atoms. The Morgan fingerprint density at radius 3 is 2.91 bits per heavy atom. The summed E-state index contributed by atoms with van der Waals surface area (Å²) in [5.41, 5.74) is 1.24. The molecule has 0 aliphatic rings. The van der Waals surface area contributed by atoms with Gasteiger partial charge >= 0.3 is 0 Å². The van der Waals surface area contributed by atoms with Crippen LogP contribution in [0.2, 0.25) is 0 Å². The highest BCUT2D eigenvalue weighted by Crippen LogP contribution is 2.21. The van der Waals surface area contributed by atoms with Crippen molar-refractivity contribution in [3.63, 3.8) is 0 Å². The molecule has 1 N–H and O–H groups in total. The van der Waals surface area contributed by atoms with Crippen molar-refractivity contribution in [3.05, 3.63) is 47.7 Å². The van der Waals surface area contributed by atoms with Gasteiger partial charge in [-0.1, -0.05) is 31.9 Å². The maximum Gasteiger partial charge on any atom is 0.274 e. The summed E-state index contributed by atoms with van der Waals surface area (Å²) in [6.07, 6.45) is 6.48. The number of hydrogen-bond donors (Lipinski definition) is 1. The second-order valence-electron chi connectivity index (χ2n) is 5.48. The summed E-state index contributed by atoms with van der Waals surface area (Å²) >= 11 is 0. The molecule has 1 aromatic heterocycles. The van der Waals surface area contributed by atoms with E-state index < -0.39 is 0 Å². The molecule has 0 aliphatic heterocycles. The fourth-order valence-corrected chi connectivity index (χ4v) is 2.18. The Bertz CT molecular complexity index is 713. The zero-order valence-electron chi connectivity index (χ0n) is 13.5. The molecule has 2 aromatic rings. The number of hydrogen-bond acceptors (Lipinski definition) is 4. The van der Waals surface area contributed by atoms with Crippen molar-refractivity contribution >= 4 is 5.91 Å². The van der Waals surface area contributed by atoms with Crippen LogP contribution in [-0.4, -0.2) is 17.5 Å². The van der Waals surface area contributed by atoms with Gasteiger partial charge in [0.25, 0.3) is 5.91 Å². The first-order chi connectivity index (χ1) is 11.0. The Balaban J connectivity index is 2.09. The number of nitrogens with zero attached hydrogens (tertiary/aromatic N) is 1. The van der Waals surface area contributed by atoms with Crippen LogP contribution in [-0.2, 0) is 0 Å². The molecule has 5 heteroatoms. The lowest BCUT2D eigenvalue weighted by Gasteiger charge is -2.15. The summed E-state index contributed by atoms with van der Waals surface area (Å²) in [6.45, 7) is 6.01. The predicted octanol–water partition coefficient (Wildman–Crippen LogP) is 3.30. The molecule has 0 unspecified atom stereocenters. The molecule has 2 rings (SSSR count). The van der Waals surface area contributed by atoms with Crippen molar-refractivity contribution < 1.29 is 13.9 Å². The fraction of sp³-hybridized carbons (Fsp3) is 0.333. The van der Waals surface area contributed by atoms with E-state index in [1.165, 1.54) is 6.39 Å². The smallest absolute Gasteiger partial charge is 0.274 e. The summed E-state index contributed by atoms with van der Waals surface area (Å²) in [4.78, 5) is 16.4. The number of nitrogens with one attached hydrogen (secondary N) is 1. The van der Waals surface area contributed by atoms with Gasteiger partial charge < -0.3 is 14.5 Å². The summed E-state index contributed by atoms with van der Waals surface area (Å²) in [6, 6.07) is 7.26. The predicted molar refractivity (Wildman–Crippen MR) is 87.2 cm³/mol. The lowest BCUT2D eigenvalue weighted by atomic mass is 10.1. The van der Waals surface area contributed by atoms with Crippen LogP contribution in [0.1, 0.15) is 54.5 Å².